The number of fused-ring (bicyclic) bond motifs is 1. The van der Waals surface area contributed by atoms with Gasteiger partial charge < -0.3 is 19.9 Å². The predicted molar refractivity (Wildman–Crippen MR) is 181 cm³/mol. The average Bonchev–Trinajstić information content (AvgIpc) is 3.77. The summed E-state index contributed by atoms with van der Waals surface area (Å²) in [6, 6.07) is 0. The van der Waals surface area contributed by atoms with E-state index in [0.29, 0.717) is 11.2 Å². The van der Waals surface area contributed by atoms with E-state index >= 15 is 0 Å². The molecule has 1 aliphatic carbocycles. The number of halogens is 1. The zero-order valence-corrected chi connectivity index (χ0v) is 28.7. The summed E-state index contributed by atoms with van der Waals surface area (Å²) in [6.45, 7) is 2.17. The summed E-state index contributed by atoms with van der Waals surface area (Å²) in [5, 5.41) is 0. The minimum absolute atomic E-state index is 0.0567. The highest BCUT2D eigenvalue weighted by atomic mass is 79.9. The number of aromatic nitrogens is 4. The Kier molecular flexibility index (Phi) is 14.8. The second-order valence-corrected chi connectivity index (χ2v) is 13.1. The van der Waals surface area contributed by atoms with Crippen LogP contribution in [0.5, 0.6) is 0 Å². The van der Waals surface area contributed by atoms with Crippen molar-refractivity contribution < 1.29 is 23.8 Å². The zero-order valence-electron chi connectivity index (χ0n) is 27.1. The molecule has 0 unspecified atom stereocenters. The van der Waals surface area contributed by atoms with Gasteiger partial charge in [0.05, 0.1) is 5.92 Å². The molecule has 2 aliphatic rings. The van der Waals surface area contributed by atoms with Gasteiger partial charge in [0.2, 0.25) is 5.95 Å². The first-order valence-electron chi connectivity index (χ1n) is 17.2. The molecule has 3 atom stereocenters. The third-order valence-corrected chi connectivity index (χ3v) is 9.23. The molecule has 1 fully saturated rings. The number of aromatic amines is 1. The van der Waals surface area contributed by atoms with Crippen molar-refractivity contribution >= 4 is 45.0 Å². The summed E-state index contributed by atoms with van der Waals surface area (Å²) >= 11 is 3.39. The highest BCUT2D eigenvalue weighted by molar-refractivity contribution is 9.10. The van der Waals surface area contributed by atoms with Crippen molar-refractivity contribution in [3.8, 4) is 0 Å². The molecule has 0 spiro atoms. The fourth-order valence-electron chi connectivity index (χ4n) is 6.08. The molecule has 2 aromatic heterocycles. The number of carbonyl (C=O) groups excluding carboxylic acids is 2. The summed E-state index contributed by atoms with van der Waals surface area (Å²) < 4.78 is 19.6. The fraction of sp³-hybridized carbons (Fsp3) is 0.676. The number of esters is 2. The lowest BCUT2D eigenvalue weighted by atomic mass is 10.0. The van der Waals surface area contributed by atoms with Crippen LogP contribution in [0.25, 0.3) is 11.2 Å². The molecule has 0 amide bonds. The SMILES string of the molecule is CCCCCCCCCCCCCCCCCC(=O)O[C@H]1C[C@H](n2c(Br)nc3c(=O)[nH]c(N)nc32)O[C@@H]1COC(=O)C1C=CC=C1. The number of nitrogens with zero attached hydrogens (tertiary/aromatic N) is 3. The molecule has 0 bridgehead atoms. The second kappa shape index (κ2) is 19.0. The Morgan fingerprint density at radius 3 is 2.15 bits per heavy atom. The average molecular weight is 705 g/mol. The van der Waals surface area contributed by atoms with Crippen LogP contribution in [0.15, 0.2) is 33.8 Å². The lowest BCUT2D eigenvalue weighted by Crippen LogP contribution is -2.32. The maximum atomic E-state index is 12.9. The van der Waals surface area contributed by atoms with Gasteiger partial charge in [0.1, 0.15) is 25.0 Å². The van der Waals surface area contributed by atoms with Crippen LogP contribution in [0.3, 0.4) is 0 Å². The highest BCUT2D eigenvalue weighted by Gasteiger charge is 2.41. The van der Waals surface area contributed by atoms with E-state index in [-0.39, 0.29) is 36.1 Å². The van der Waals surface area contributed by atoms with E-state index in [1.165, 1.54) is 77.0 Å². The summed E-state index contributed by atoms with van der Waals surface area (Å²) in [5.74, 6) is -1.22. The van der Waals surface area contributed by atoms with Gasteiger partial charge in [0.15, 0.2) is 15.9 Å². The van der Waals surface area contributed by atoms with Crippen LogP contribution in [0.1, 0.15) is 122 Å². The Morgan fingerprint density at radius 2 is 1.54 bits per heavy atom. The largest absolute Gasteiger partial charge is 0.462 e. The van der Waals surface area contributed by atoms with Crippen molar-refractivity contribution in [1.29, 1.82) is 0 Å². The van der Waals surface area contributed by atoms with Crippen LogP contribution in [0.4, 0.5) is 5.95 Å². The van der Waals surface area contributed by atoms with Crippen LogP contribution in [0.2, 0.25) is 0 Å². The van der Waals surface area contributed by atoms with E-state index in [1.807, 2.05) is 0 Å². The van der Waals surface area contributed by atoms with E-state index in [9.17, 15) is 14.4 Å². The number of hydrogen-bond donors (Lipinski definition) is 2. The van der Waals surface area contributed by atoms with Crippen LogP contribution in [-0.4, -0.2) is 50.3 Å². The number of anilines is 1. The second-order valence-electron chi connectivity index (χ2n) is 12.4. The lowest BCUT2D eigenvalue weighted by molar-refractivity contribution is -0.159. The van der Waals surface area contributed by atoms with Gasteiger partial charge in [-0.1, -0.05) is 121 Å². The van der Waals surface area contributed by atoms with Crippen molar-refractivity contribution in [3.63, 3.8) is 0 Å². The highest BCUT2D eigenvalue weighted by Crippen LogP contribution is 2.35. The standard InChI is InChI=1S/C34H50BrN5O6/c1-2-3-4-5-6-7-8-9-10-11-12-13-14-15-16-21-28(41)46-25-22-27(45-26(25)23-44-32(43)24-19-17-18-20-24)40-30-29(37-33(40)35)31(42)39-34(36)38-30/h17-20,24-27H,2-16,21-23H2,1H3,(H3,36,38,39,42)/t25-,26+,27+/m0/s1. The number of H-pyrrole nitrogens is 1. The molecule has 2 aromatic rings. The number of unbranched alkanes of at least 4 members (excludes halogenated alkanes) is 14. The lowest BCUT2D eigenvalue weighted by Gasteiger charge is -2.19. The third-order valence-electron chi connectivity index (χ3n) is 8.67. The molecule has 3 N–H and O–H groups in total. The number of nitrogen functional groups attached to an aromatic ring is 1. The van der Waals surface area contributed by atoms with Crippen LogP contribution >= 0.6 is 15.9 Å². The Morgan fingerprint density at radius 1 is 0.957 bits per heavy atom. The topological polar surface area (TPSA) is 151 Å². The number of nitrogens with two attached hydrogens (primary N) is 1. The number of allylic oxidation sites excluding steroid dienone is 2. The summed E-state index contributed by atoms with van der Waals surface area (Å²) in [5.41, 5.74) is 5.65. The maximum absolute atomic E-state index is 12.9. The van der Waals surface area contributed by atoms with Gasteiger partial charge in [0, 0.05) is 12.8 Å². The van der Waals surface area contributed by atoms with Crippen molar-refractivity contribution in [3.05, 3.63) is 39.4 Å². The van der Waals surface area contributed by atoms with Crippen molar-refractivity contribution in [1.82, 2.24) is 19.5 Å². The minimum atomic E-state index is -0.711. The first-order chi connectivity index (χ1) is 22.4. The summed E-state index contributed by atoms with van der Waals surface area (Å²) in [6.07, 6.45) is 24.4. The molecule has 0 aromatic carbocycles. The monoisotopic (exact) mass is 703 g/mol. The van der Waals surface area contributed by atoms with E-state index in [1.54, 1.807) is 28.9 Å². The summed E-state index contributed by atoms with van der Waals surface area (Å²) in [7, 11) is 0. The number of imidazole rings is 1. The van der Waals surface area contributed by atoms with Gasteiger partial charge in [-0.3, -0.25) is 23.9 Å². The first-order valence-corrected chi connectivity index (χ1v) is 18.0. The molecule has 3 heterocycles. The Balaban J connectivity index is 1.20. The molecule has 4 rings (SSSR count). The first kappa shape index (κ1) is 35.9. The molecule has 0 saturated carbocycles. The van der Waals surface area contributed by atoms with Crippen molar-refractivity contribution in [2.24, 2.45) is 5.92 Å². The van der Waals surface area contributed by atoms with Gasteiger partial charge in [0.25, 0.3) is 5.56 Å². The van der Waals surface area contributed by atoms with Crippen LogP contribution < -0.4 is 11.3 Å². The van der Waals surface area contributed by atoms with E-state index in [4.69, 9.17) is 19.9 Å². The van der Waals surface area contributed by atoms with Gasteiger partial charge >= 0.3 is 11.9 Å². The number of rotatable bonds is 21. The molecule has 1 aliphatic heterocycles. The summed E-state index contributed by atoms with van der Waals surface area (Å²) in [4.78, 5) is 48.8. The van der Waals surface area contributed by atoms with Gasteiger partial charge in [-0.25, -0.2) is 4.98 Å². The molecule has 1 saturated heterocycles. The number of nitrogens with one attached hydrogen (secondary N) is 1. The van der Waals surface area contributed by atoms with Crippen LogP contribution in [0, 0.1) is 5.92 Å². The molecule has 0 radical (unpaired) electrons. The van der Waals surface area contributed by atoms with E-state index in [2.05, 4.69) is 37.8 Å². The van der Waals surface area contributed by atoms with Crippen molar-refractivity contribution in [2.45, 2.75) is 135 Å². The Labute approximate surface area is 279 Å². The molecule has 11 nitrogen and oxygen atoms in total. The zero-order chi connectivity index (χ0) is 32.7. The molecular formula is C34H50BrN5O6. The predicted octanol–water partition coefficient (Wildman–Crippen LogP) is 7.21. The van der Waals surface area contributed by atoms with Gasteiger partial charge in [-0.2, -0.15) is 4.98 Å². The third kappa shape index (κ3) is 10.8. The quantitative estimate of drug-likeness (QED) is 0.0780. The fourth-order valence-corrected chi connectivity index (χ4v) is 6.65. The van der Waals surface area contributed by atoms with Gasteiger partial charge in [-0.05, 0) is 22.4 Å². The molecule has 46 heavy (non-hydrogen) atoms. The van der Waals surface area contributed by atoms with Gasteiger partial charge in [-0.15, -0.1) is 0 Å². The van der Waals surface area contributed by atoms with Crippen molar-refractivity contribution in [2.75, 3.05) is 12.3 Å². The van der Waals surface area contributed by atoms with Crippen LogP contribution in [-0.2, 0) is 23.8 Å². The smallest absolute Gasteiger partial charge is 0.316 e. The minimum Gasteiger partial charge on any atom is -0.462 e. The Hall–Kier alpha value is -2.99. The Bertz CT molecular complexity index is 1380. The molecule has 254 valence electrons. The number of carbonyl (C=O) groups is 2. The number of ether oxygens (including phenoxy) is 3. The molecular weight excluding hydrogens is 654 g/mol. The van der Waals surface area contributed by atoms with E-state index in [0.717, 1.165) is 19.3 Å². The number of hydrogen-bond acceptors (Lipinski definition) is 9. The van der Waals surface area contributed by atoms with E-state index < -0.39 is 35.9 Å². The normalized spacial score (nSPS) is 19.4. The molecule has 12 heteroatoms. The maximum Gasteiger partial charge on any atom is 0.316 e.